The molecule has 0 aliphatic carbocycles. The first-order valence-electron chi connectivity index (χ1n) is 10.3. The summed E-state index contributed by atoms with van der Waals surface area (Å²) in [5, 5.41) is 14.8. The van der Waals surface area contributed by atoms with Crippen LogP contribution in [0, 0.1) is 5.92 Å². The number of hydrogen-bond acceptors (Lipinski definition) is 4. The van der Waals surface area contributed by atoms with Gasteiger partial charge in [0.25, 0.3) is 0 Å². The number of carbonyl (C=O) groups excluding carboxylic acids is 1. The van der Waals surface area contributed by atoms with E-state index in [4.69, 9.17) is 19.8 Å². The molecule has 0 spiro atoms. The van der Waals surface area contributed by atoms with Gasteiger partial charge in [-0.3, -0.25) is 4.79 Å². The summed E-state index contributed by atoms with van der Waals surface area (Å²) in [6.45, 7) is 14.9. The molecule has 2 N–H and O–H groups in total. The van der Waals surface area contributed by atoms with Crippen molar-refractivity contribution >= 4 is 17.8 Å². The molecule has 1 aliphatic rings. The van der Waals surface area contributed by atoms with Crippen LogP contribution in [0.4, 0.5) is 0 Å². The monoisotopic (exact) mass is 418 g/mol. The average Bonchev–Trinajstić information content (AvgIpc) is 2.73. The van der Waals surface area contributed by atoms with Gasteiger partial charge >= 0.3 is 11.9 Å². The molecule has 166 valence electrons. The number of nitrogens with zero attached hydrogens (tertiary/aromatic N) is 2. The van der Waals surface area contributed by atoms with Crippen LogP contribution in [0.5, 0.6) is 0 Å². The van der Waals surface area contributed by atoms with E-state index in [1.54, 1.807) is 0 Å². The number of aliphatic carboxylic acids is 2. The van der Waals surface area contributed by atoms with Crippen molar-refractivity contribution < 1.29 is 24.6 Å². The Morgan fingerprint density at radius 1 is 1.13 bits per heavy atom. The van der Waals surface area contributed by atoms with Gasteiger partial charge in [-0.25, -0.2) is 9.59 Å². The van der Waals surface area contributed by atoms with Crippen LogP contribution in [-0.2, 0) is 14.4 Å². The fraction of sp³-hybridized carbons (Fsp3) is 0.522. The third-order valence-corrected chi connectivity index (χ3v) is 5.17. The summed E-state index contributed by atoms with van der Waals surface area (Å²) in [7, 11) is 0. The molecule has 1 aliphatic heterocycles. The zero-order valence-electron chi connectivity index (χ0n) is 18.2. The number of benzene rings is 1. The van der Waals surface area contributed by atoms with Gasteiger partial charge in [0.1, 0.15) is 0 Å². The number of piperidine rings is 1. The zero-order valence-corrected chi connectivity index (χ0v) is 18.2. The first-order chi connectivity index (χ1) is 14.1. The lowest BCUT2D eigenvalue weighted by molar-refractivity contribution is -0.159. The topological polar surface area (TPSA) is 98.2 Å². The van der Waals surface area contributed by atoms with Crippen LogP contribution in [-0.4, -0.2) is 70.6 Å². The first kappa shape index (κ1) is 25.4. The molecule has 1 atom stereocenters. The van der Waals surface area contributed by atoms with Gasteiger partial charge in [-0.2, -0.15) is 0 Å². The summed E-state index contributed by atoms with van der Waals surface area (Å²) in [5.41, 5.74) is 2.45. The Bertz CT molecular complexity index is 700. The first-order valence-corrected chi connectivity index (χ1v) is 10.3. The number of carbonyl (C=O) groups is 3. The van der Waals surface area contributed by atoms with Gasteiger partial charge in [0.15, 0.2) is 0 Å². The summed E-state index contributed by atoms with van der Waals surface area (Å²) >= 11 is 0. The lowest BCUT2D eigenvalue weighted by Gasteiger charge is -2.35. The minimum absolute atomic E-state index is 0.188. The second-order valence-corrected chi connectivity index (χ2v) is 7.81. The molecule has 0 bridgehead atoms. The number of likely N-dealkylation sites (N-methyl/N-ethyl adjacent to an activating group) is 1. The van der Waals surface area contributed by atoms with E-state index in [0.717, 1.165) is 44.6 Å². The van der Waals surface area contributed by atoms with Crippen LogP contribution in [0.3, 0.4) is 0 Å². The van der Waals surface area contributed by atoms with Crippen LogP contribution >= 0.6 is 0 Å². The van der Waals surface area contributed by atoms with Crippen molar-refractivity contribution in [3.05, 3.63) is 48.0 Å². The third-order valence-electron chi connectivity index (χ3n) is 5.17. The minimum atomic E-state index is -1.82. The lowest BCUT2D eigenvalue weighted by atomic mass is 9.93. The van der Waals surface area contributed by atoms with E-state index in [1.165, 1.54) is 5.56 Å². The standard InChI is InChI=1S/C21H32N2O.C2H2O4/c1-5-23(15-17(2)3)21(24)20-11-13-22(14-12-20)16-18(4)19-9-7-6-8-10-19;3-1(4)2(5)6/h6-10,18,20H,2,5,11-16H2,1,3-4H3;(H,3,4)(H,5,6). The smallest absolute Gasteiger partial charge is 0.414 e. The minimum Gasteiger partial charge on any atom is -0.473 e. The highest BCUT2D eigenvalue weighted by atomic mass is 16.4. The second kappa shape index (κ2) is 12.8. The molecule has 1 unspecified atom stereocenters. The number of rotatable bonds is 7. The summed E-state index contributed by atoms with van der Waals surface area (Å²) < 4.78 is 0. The van der Waals surface area contributed by atoms with Crippen LogP contribution in [0.2, 0.25) is 0 Å². The van der Waals surface area contributed by atoms with Gasteiger partial charge in [-0.05, 0) is 51.3 Å². The number of carboxylic acid groups (broad SMARTS) is 2. The highest BCUT2D eigenvalue weighted by Gasteiger charge is 2.28. The molecule has 1 amide bonds. The van der Waals surface area contributed by atoms with E-state index in [1.807, 2.05) is 11.8 Å². The fourth-order valence-corrected chi connectivity index (χ4v) is 3.57. The van der Waals surface area contributed by atoms with Crippen molar-refractivity contribution in [3.63, 3.8) is 0 Å². The van der Waals surface area contributed by atoms with Crippen LogP contribution in [0.15, 0.2) is 42.5 Å². The van der Waals surface area contributed by atoms with Gasteiger partial charge in [-0.1, -0.05) is 49.4 Å². The Morgan fingerprint density at radius 3 is 2.10 bits per heavy atom. The molecule has 1 aromatic carbocycles. The van der Waals surface area contributed by atoms with Gasteiger partial charge in [0.2, 0.25) is 5.91 Å². The quantitative estimate of drug-likeness (QED) is 0.522. The van der Waals surface area contributed by atoms with Crippen LogP contribution < -0.4 is 0 Å². The number of amides is 1. The predicted molar refractivity (Wildman–Crippen MR) is 116 cm³/mol. The zero-order chi connectivity index (χ0) is 22.7. The molecule has 0 saturated carbocycles. The Hall–Kier alpha value is -2.67. The normalized spacial score (nSPS) is 15.4. The van der Waals surface area contributed by atoms with E-state index >= 15 is 0 Å². The molecular formula is C23H34N2O5. The molecule has 7 heteroatoms. The van der Waals surface area contributed by atoms with Crippen LogP contribution in [0.25, 0.3) is 0 Å². The second-order valence-electron chi connectivity index (χ2n) is 7.81. The summed E-state index contributed by atoms with van der Waals surface area (Å²) in [4.78, 5) is 35.3. The highest BCUT2D eigenvalue weighted by molar-refractivity contribution is 6.27. The Morgan fingerprint density at radius 2 is 1.67 bits per heavy atom. The SMILES string of the molecule is C=C(C)CN(CC)C(=O)C1CCN(CC(C)c2ccccc2)CC1.O=C(O)C(=O)O. The molecule has 7 nitrogen and oxygen atoms in total. The number of likely N-dealkylation sites (tertiary alicyclic amines) is 1. The molecule has 1 heterocycles. The van der Waals surface area contributed by atoms with E-state index < -0.39 is 11.9 Å². The molecular weight excluding hydrogens is 384 g/mol. The van der Waals surface area contributed by atoms with E-state index in [2.05, 4.69) is 55.7 Å². The molecule has 0 radical (unpaired) electrons. The summed E-state index contributed by atoms with van der Waals surface area (Å²) in [5.74, 6) is -2.61. The van der Waals surface area contributed by atoms with Gasteiger partial charge in [0.05, 0.1) is 0 Å². The predicted octanol–water partition coefficient (Wildman–Crippen LogP) is 3.08. The Labute approximate surface area is 179 Å². The maximum absolute atomic E-state index is 12.7. The molecule has 0 aromatic heterocycles. The summed E-state index contributed by atoms with van der Waals surface area (Å²) in [6, 6.07) is 10.7. The van der Waals surface area contributed by atoms with Crippen molar-refractivity contribution in [2.45, 2.75) is 39.5 Å². The van der Waals surface area contributed by atoms with Crippen molar-refractivity contribution in [2.24, 2.45) is 5.92 Å². The maximum atomic E-state index is 12.7. The van der Waals surface area contributed by atoms with E-state index in [9.17, 15) is 4.79 Å². The van der Waals surface area contributed by atoms with Crippen molar-refractivity contribution in [2.75, 3.05) is 32.7 Å². The highest BCUT2D eigenvalue weighted by Crippen LogP contribution is 2.23. The fourth-order valence-electron chi connectivity index (χ4n) is 3.57. The molecule has 1 saturated heterocycles. The lowest BCUT2D eigenvalue weighted by Crippen LogP contribution is -2.43. The van der Waals surface area contributed by atoms with Crippen LogP contribution in [0.1, 0.15) is 45.1 Å². The Balaban J connectivity index is 0.000000656. The number of carboxylic acids is 2. The Kier molecular flexibility index (Phi) is 10.8. The summed E-state index contributed by atoms with van der Waals surface area (Å²) in [6.07, 6.45) is 1.96. The number of hydrogen-bond donors (Lipinski definition) is 2. The van der Waals surface area contributed by atoms with E-state index in [-0.39, 0.29) is 5.92 Å². The van der Waals surface area contributed by atoms with Gasteiger partial charge in [0, 0.05) is 25.6 Å². The molecule has 30 heavy (non-hydrogen) atoms. The van der Waals surface area contributed by atoms with Crippen molar-refractivity contribution in [1.29, 1.82) is 0 Å². The maximum Gasteiger partial charge on any atom is 0.414 e. The van der Waals surface area contributed by atoms with Crippen molar-refractivity contribution in [3.8, 4) is 0 Å². The average molecular weight is 419 g/mol. The molecule has 2 rings (SSSR count). The third kappa shape index (κ3) is 8.78. The molecule has 1 aromatic rings. The van der Waals surface area contributed by atoms with Gasteiger partial charge in [-0.15, -0.1) is 0 Å². The van der Waals surface area contributed by atoms with Crippen molar-refractivity contribution in [1.82, 2.24) is 9.80 Å². The van der Waals surface area contributed by atoms with Gasteiger partial charge < -0.3 is 20.0 Å². The molecule has 1 fully saturated rings. The largest absolute Gasteiger partial charge is 0.473 e. The van der Waals surface area contributed by atoms with E-state index in [0.29, 0.717) is 18.4 Å².